The molecular weight excluding hydrogens is 308 g/mol. The number of hydrogen-bond acceptors (Lipinski definition) is 5. The van der Waals surface area contributed by atoms with Crippen molar-refractivity contribution in [3.8, 4) is 5.88 Å². The van der Waals surface area contributed by atoms with Crippen molar-refractivity contribution in [2.24, 2.45) is 0 Å². The summed E-state index contributed by atoms with van der Waals surface area (Å²) in [6, 6.07) is 5.63. The van der Waals surface area contributed by atoms with Gasteiger partial charge in [0.25, 0.3) is 0 Å². The number of hydrogen-bond donors (Lipinski definition) is 0. The van der Waals surface area contributed by atoms with E-state index in [1.54, 1.807) is 0 Å². The quantitative estimate of drug-likeness (QED) is 0.626. The van der Waals surface area contributed by atoms with Crippen molar-refractivity contribution in [3.05, 3.63) is 59.3 Å². The summed E-state index contributed by atoms with van der Waals surface area (Å²) < 4.78 is 35.9. The van der Waals surface area contributed by atoms with Crippen LogP contribution >= 0.6 is 0 Å². The Kier molecular flexibility index (Phi) is 5.00. The number of carbonyl (C=O) groups excluding carboxylic acids is 2. The van der Waals surface area contributed by atoms with Crippen molar-refractivity contribution in [2.75, 3.05) is 7.11 Å². The summed E-state index contributed by atoms with van der Waals surface area (Å²) in [5.74, 6) is -3.28. The molecule has 0 N–H and O–H groups in total. The van der Waals surface area contributed by atoms with E-state index in [1.807, 2.05) is 0 Å². The van der Waals surface area contributed by atoms with Gasteiger partial charge in [0.2, 0.25) is 11.7 Å². The molecule has 0 saturated carbocycles. The molecule has 0 radical (unpaired) electrons. The van der Waals surface area contributed by atoms with Crippen molar-refractivity contribution >= 4 is 11.8 Å². The van der Waals surface area contributed by atoms with Gasteiger partial charge in [0.1, 0.15) is 0 Å². The normalized spacial score (nSPS) is 11.7. The van der Waals surface area contributed by atoms with Crippen LogP contribution in [0.3, 0.4) is 0 Å². The van der Waals surface area contributed by atoms with Gasteiger partial charge in [0.15, 0.2) is 17.7 Å². The summed E-state index contributed by atoms with van der Waals surface area (Å²) in [6.45, 7) is 1.35. The highest BCUT2D eigenvalue weighted by atomic mass is 19.2. The van der Waals surface area contributed by atoms with Gasteiger partial charge in [-0.3, -0.25) is 4.79 Å². The highest BCUT2D eigenvalue weighted by Gasteiger charge is 2.21. The van der Waals surface area contributed by atoms with Crippen LogP contribution in [0, 0.1) is 11.6 Å². The fraction of sp³-hybridized carbons (Fsp3) is 0.188. The first kappa shape index (κ1) is 16.5. The van der Waals surface area contributed by atoms with Gasteiger partial charge in [0, 0.05) is 17.8 Å². The summed E-state index contributed by atoms with van der Waals surface area (Å²) >= 11 is 0. The first-order valence-corrected chi connectivity index (χ1v) is 6.62. The maximum Gasteiger partial charge on any atom is 0.340 e. The monoisotopic (exact) mass is 321 g/mol. The summed E-state index contributed by atoms with van der Waals surface area (Å²) in [5.41, 5.74) is 0.0489. The number of Topliss-reactive ketones (excluding diaryl/α,β-unsaturated/α-hetero) is 1. The lowest BCUT2D eigenvalue weighted by Gasteiger charge is -2.12. The van der Waals surface area contributed by atoms with E-state index in [0.717, 1.165) is 18.2 Å². The number of pyridine rings is 1. The van der Waals surface area contributed by atoms with Crippen LogP contribution < -0.4 is 4.74 Å². The number of rotatable bonds is 5. The van der Waals surface area contributed by atoms with E-state index in [0.29, 0.717) is 5.88 Å². The van der Waals surface area contributed by atoms with Crippen LogP contribution in [0.5, 0.6) is 5.88 Å². The maximum atomic E-state index is 13.1. The molecule has 1 unspecified atom stereocenters. The molecule has 7 heteroatoms. The van der Waals surface area contributed by atoms with Crippen molar-refractivity contribution in [1.29, 1.82) is 0 Å². The second-order valence-corrected chi connectivity index (χ2v) is 4.63. The number of aromatic nitrogens is 1. The highest BCUT2D eigenvalue weighted by Crippen LogP contribution is 2.14. The predicted octanol–water partition coefficient (Wildman–Crippen LogP) is 2.80. The Labute approximate surface area is 130 Å². The molecule has 0 aliphatic rings. The van der Waals surface area contributed by atoms with Crippen LogP contribution in [-0.2, 0) is 4.74 Å². The summed E-state index contributed by atoms with van der Waals surface area (Å²) in [5, 5.41) is 0. The number of ether oxygens (including phenoxy) is 2. The van der Waals surface area contributed by atoms with Gasteiger partial charge >= 0.3 is 5.97 Å². The Morgan fingerprint density at radius 3 is 2.35 bits per heavy atom. The van der Waals surface area contributed by atoms with Crippen LogP contribution in [0.4, 0.5) is 8.78 Å². The molecular formula is C16H13F2NO4. The van der Waals surface area contributed by atoms with E-state index in [1.165, 1.54) is 32.4 Å². The molecule has 1 aromatic heterocycles. The lowest BCUT2D eigenvalue weighted by atomic mass is 10.1. The Morgan fingerprint density at radius 1 is 1.09 bits per heavy atom. The fourth-order valence-electron chi connectivity index (χ4n) is 1.79. The highest BCUT2D eigenvalue weighted by molar-refractivity contribution is 6.01. The SMILES string of the molecule is COc1ccc(C(=O)OC(C)C(=O)c2ccc(F)c(F)c2)cn1. The van der Waals surface area contributed by atoms with Crippen LogP contribution in [0.2, 0.25) is 0 Å². The Hall–Kier alpha value is -2.83. The molecule has 0 aliphatic carbocycles. The molecule has 1 aromatic carbocycles. The second-order valence-electron chi connectivity index (χ2n) is 4.63. The Balaban J connectivity index is 2.07. The minimum Gasteiger partial charge on any atom is -0.481 e. The van der Waals surface area contributed by atoms with Gasteiger partial charge in [0.05, 0.1) is 12.7 Å². The molecule has 0 spiro atoms. The van der Waals surface area contributed by atoms with E-state index in [-0.39, 0.29) is 11.1 Å². The molecule has 0 fully saturated rings. The van der Waals surface area contributed by atoms with Gasteiger partial charge < -0.3 is 9.47 Å². The van der Waals surface area contributed by atoms with E-state index in [9.17, 15) is 18.4 Å². The molecule has 120 valence electrons. The zero-order chi connectivity index (χ0) is 17.0. The van der Waals surface area contributed by atoms with Crippen LogP contribution in [-0.4, -0.2) is 30.0 Å². The number of methoxy groups -OCH3 is 1. The number of carbonyl (C=O) groups is 2. The van der Waals surface area contributed by atoms with Gasteiger partial charge in [-0.15, -0.1) is 0 Å². The van der Waals surface area contributed by atoms with Crippen molar-refractivity contribution in [1.82, 2.24) is 4.98 Å². The molecule has 5 nitrogen and oxygen atoms in total. The molecule has 0 aliphatic heterocycles. The zero-order valence-electron chi connectivity index (χ0n) is 12.4. The fourth-order valence-corrected chi connectivity index (χ4v) is 1.79. The van der Waals surface area contributed by atoms with E-state index in [4.69, 9.17) is 9.47 Å². The second kappa shape index (κ2) is 6.95. The molecule has 1 atom stereocenters. The Bertz CT molecular complexity index is 731. The van der Waals surface area contributed by atoms with Gasteiger partial charge in [-0.05, 0) is 31.2 Å². The average molecular weight is 321 g/mol. The van der Waals surface area contributed by atoms with E-state index in [2.05, 4.69) is 4.98 Å². The molecule has 23 heavy (non-hydrogen) atoms. The third-order valence-electron chi connectivity index (χ3n) is 3.04. The largest absolute Gasteiger partial charge is 0.481 e. The first-order chi connectivity index (χ1) is 10.9. The molecule has 1 heterocycles. The molecule has 0 bridgehead atoms. The standard InChI is InChI=1S/C16H13F2NO4/c1-9(15(20)10-3-5-12(17)13(18)7-10)23-16(21)11-4-6-14(22-2)19-8-11/h3-9H,1-2H3. The van der Waals surface area contributed by atoms with Gasteiger partial charge in [-0.25, -0.2) is 18.6 Å². The van der Waals surface area contributed by atoms with Gasteiger partial charge in [-0.2, -0.15) is 0 Å². The number of halogens is 2. The molecule has 2 aromatic rings. The molecule has 0 saturated heterocycles. The summed E-state index contributed by atoms with van der Waals surface area (Å²) in [6.07, 6.45) is 0.0881. The Morgan fingerprint density at radius 2 is 1.78 bits per heavy atom. The summed E-state index contributed by atoms with van der Waals surface area (Å²) in [7, 11) is 1.43. The predicted molar refractivity (Wildman–Crippen MR) is 76.4 cm³/mol. The number of esters is 1. The molecule has 2 rings (SSSR count). The van der Waals surface area contributed by atoms with Crippen molar-refractivity contribution < 1.29 is 27.8 Å². The van der Waals surface area contributed by atoms with E-state index < -0.39 is 29.5 Å². The number of ketones is 1. The lowest BCUT2D eigenvalue weighted by molar-refractivity contribution is 0.0318. The lowest BCUT2D eigenvalue weighted by Crippen LogP contribution is -2.24. The van der Waals surface area contributed by atoms with E-state index >= 15 is 0 Å². The van der Waals surface area contributed by atoms with Crippen LogP contribution in [0.15, 0.2) is 36.5 Å². The summed E-state index contributed by atoms with van der Waals surface area (Å²) in [4.78, 5) is 27.8. The van der Waals surface area contributed by atoms with Crippen LogP contribution in [0.25, 0.3) is 0 Å². The number of benzene rings is 1. The van der Waals surface area contributed by atoms with Crippen molar-refractivity contribution in [3.63, 3.8) is 0 Å². The maximum absolute atomic E-state index is 13.1. The minimum absolute atomic E-state index is 0.0861. The smallest absolute Gasteiger partial charge is 0.340 e. The van der Waals surface area contributed by atoms with Crippen molar-refractivity contribution in [2.45, 2.75) is 13.0 Å². The van der Waals surface area contributed by atoms with Gasteiger partial charge in [-0.1, -0.05) is 0 Å². The average Bonchev–Trinajstić information content (AvgIpc) is 2.56. The molecule has 0 amide bonds. The topological polar surface area (TPSA) is 65.5 Å². The zero-order valence-corrected chi connectivity index (χ0v) is 12.4. The van der Waals surface area contributed by atoms with Crippen LogP contribution in [0.1, 0.15) is 27.6 Å². The third kappa shape index (κ3) is 3.88. The first-order valence-electron chi connectivity index (χ1n) is 6.62. The third-order valence-corrected chi connectivity index (χ3v) is 3.04. The minimum atomic E-state index is -1.16. The number of nitrogens with zero attached hydrogens (tertiary/aromatic N) is 1.